The van der Waals surface area contributed by atoms with Crippen LogP contribution >= 0.6 is 11.8 Å². The van der Waals surface area contributed by atoms with E-state index in [1.54, 1.807) is 68.7 Å². The highest BCUT2D eigenvalue weighted by Gasteiger charge is 2.43. The molecule has 7 rings (SSSR count). The number of nitrogens with zero attached hydrogens (tertiary/aromatic N) is 8. The largest absolute Gasteiger partial charge is 0.493 e. The highest BCUT2D eigenvalue weighted by atomic mass is 32.2. The lowest BCUT2D eigenvalue weighted by Gasteiger charge is -2.34. The molecule has 2 aromatic heterocycles. The number of methoxy groups -OCH3 is 2. The minimum absolute atomic E-state index is 0.00355. The van der Waals surface area contributed by atoms with E-state index in [-0.39, 0.29) is 34.1 Å². The van der Waals surface area contributed by atoms with E-state index >= 15 is 0 Å². The number of ether oxygens (including phenoxy) is 4. The summed E-state index contributed by atoms with van der Waals surface area (Å²) in [6, 6.07) is 21.9. The zero-order chi connectivity index (χ0) is 37.9. The Balaban J connectivity index is 1.15. The molecule has 2 aliphatic rings. The number of para-hydroxylation sites is 1. The molecule has 2 fully saturated rings. The van der Waals surface area contributed by atoms with Crippen LogP contribution in [-0.4, -0.2) is 108 Å². The van der Waals surface area contributed by atoms with Crippen molar-refractivity contribution in [2.45, 2.75) is 17.5 Å². The molecule has 4 heterocycles. The van der Waals surface area contributed by atoms with Crippen LogP contribution in [0.15, 0.2) is 77.6 Å². The van der Waals surface area contributed by atoms with Crippen LogP contribution in [0.25, 0.3) is 10.9 Å². The first-order chi connectivity index (χ1) is 26.1. The number of hydrogen-bond donors (Lipinski definition) is 0. The van der Waals surface area contributed by atoms with E-state index in [9.17, 15) is 9.59 Å². The third-order valence-corrected chi connectivity index (χ3v) is 11.1. The Hall–Kier alpha value is -5.38. The van der Waals surface area contributed by atoms with Crippen LogP contribution in [0.1, 0.15) is 17.9 Å². The molecule has 0 saturated carbocycles. The van der Waals surface area contributed by atoms with Gasteiger partial charge in [-0.15, -0.1) is 16.7 Å². The molecular weight excluding hydrogens is 709 g/mol. The molecule has 0 spiro atoms. The van der Waals surface area contributed by atoms with Gasteiger partial charge in [0.1, 0.15) is 16.9 Å². The second-order valence-corrected chi connectivity index (χ2v) is 14.5. The van der Waals surface area contributed by atoms with E-state index in [0.717, 1.165) is 49.4 Å². The monoisotopic (exact) mass is 752 g/mol. The summed E-state index contributed by atoms with van der Waals surface area (Å²) in [5.74, 6) is 2.35. The highest BCUT2D eigenvalue weighted by Crippen LogP contribution is 2.47. The number of rotatable bonds is 12. The summed E-state index contributed by atoms with van der Waals surface area (Å²) in [6.45, 7) is 7.76. The summed E-state index contributed by atoms with van der Waals surface area (Å²) in [5, 5.41) is 0.191. The van der Waals surface area contributed by atoms with Gasteiger partial charge in [0.2, 0.25) is 11.9 Å². The number of piperazine rings is 1. The molecule has 0 N–H and O–H groups in total. The molecule has 282 valence electrons. The third kappa shape index (κ3) is 7.65. The van der Waals surface area contributed by atoms with Gasteiger partial charge < -0.3 is 33.3 Å². The smallest absolute Gasteiger partial charge is 0.330 e. The van der Waals surface area contributed by atoms with Crippen LogP contribution in [0.4, 0.5) is 11.6 Å². The minimum atomic E-state index is -0.289. The predicted molar refractivity (Wildman–Crippen MR) is 210 cm³/mol. The maximum Gasteiger partial charge on any atom is 0.330 e. The van der Waals surface area contributed by atoms with Gasteiger partial charge in [-0.25, -0.2) is 0 Å². The average Bonchev–Trinajstić information content (AvgIpc) is 3.51. The molecule has 0 aliphatic carbocycles. The fraction of sp³-hybridized carbons (Fsp3) is 0.359. The van der Waals surface area contributed by atoms with Crippen LogP contribution < -0.4 is 34.3 Å². The lowest BCUT2D eigenvalue weighted by atomic mass is 10.1. The number of amides is 1. The molecule has 0 bridgehead atoms. The maximum atomic E-state index is 14.3. The number of pyridine rings is 1. The van der Waals surface area contributed by atoms with E-state index in [2.05, 4.69) is 31.7 Å². The summed E-state index contributed by atoms with van der Waals surface area (Å²) in [5.41, 5.74) is 2.14. The molecule has 2 unspecified atom stereocenters. The zero-order valence-corrected chi connectivity index (χ0v) is 32.1. The Labute approximate surface area is 318 Å². The SMILES string of the molecule is CCN1CCN(CC2SC(c3ccc(OC)c(OC)c3)N(c3ccc(Oc4nc(Oc5cc(=O)n(C)c6ccccc56)nc(N(C)C)n4)cc3)C2=O)CC1. The van der Waals surface area contributed by atoms with Gasteiger partial charge in [-0.3, -0.25) is 19.4 Å². The number of carbonyl (C=O) groups is 1. The molecule has 3 aromatic carbocycles. The summed E-state index contributed by atoms with van der Waals surface area (Å²) < 4.78 is 24.9. The fourth-order valence-corrected chi connectivity index (χ4v) is 8.14. The molecule has 14 nitrogen and oxygen atoms in total. The molecule has 0 radical (unpaired) electrons. The number of fused-ring (bicyclic) bond motifs is 1. The number of carbonyl (C=O) groups excluding carboxylic acids is 1. The van der Waals surface area contributed by atoms with Crippen molar-refractivity contribution in [3.63, 3.8) is 0 Å². The standard InChI is InChI=1S/C39H44N8O6S/c1-7-45-18-20-46(21-19-45)24-33-35(49)47(36(54-33)25-12-17-30(50-5)32(22-25)51-6)26-13-15-27(16-14-26)52-38-40-37(43(2)3)41-39(42-38)53-31-23-34(48)44(4)29-11-9-8-10-28(29)31/h8-17,22-23,33,36H,7,18-21,24H2,1-6H3. The lowest BCUT2D eigenvalue weighted by molar-refractivity contribution is -0.118. The van der Waals surface area contributed by atoms with Gasteiger partial charge >= 0.3 is 12.0 Å². The summed E-state index contributed by atoms with van der Waals surface area (Å²) in [4.78, 5) is 48.7. The normalized spacial score (nSPS) is 17.9. The second-order valence-electron chi connectivity index (χ2n) is 13.3. The van der Waals surface area contributed by atoms with Gasteiger partial charge in [0.05, 0.1) is 25.0 Å². The van der Waals surface area contributed by atoms with Gasteiger partial charge in [0.25, 0.3) is 5.56 Å². The number of anilines is 2. The van der Waals surface area contributed by atoms with Crippen molar-refractivity contribution in [2.24, 2.45) is 7.05 Å². The second kappa shape index (κ2) is 15.9. The number of thioether (sulfide) groups is 1. The summed E-state index contributed by atoms with van der Waals surface area (Å²) in [6.07, 6.45) is 0. The van der Waals surface area contributed by atoms with E-state index in [0.29, 0.717) is 41.0 Å². The topological polar surface area (TPSA) is 128 Å². The van der Waals surface area contributed by atoms with E-state index in [4.69, 9.17) is 18.9 Å². The number of aryl methyl sites for hydroxylation is 1. The zero-order valence-electron chi connectivity index (χ0n) is 31.3. The van der Waals surface area contributed by atoms with Crippen LogP contribution in [0.5, 0.6) is 35.0 Å². The molecule has 2 atom stereocenters. The van der Waals surface area contributed by atoms with Crippen molar-refractivity contribution in [1.29, 1.82) is 0 Å². The number of hydrogen-bond acceptors (Lipinski definition) is 13. The van der Waals surface area contributed by atoms with Crippen LogP contribution in [0.3, 0.4) is 0 Å². The molecule has 15 heteroatoms. The molecule has 1 amide bonds. The molecule has 2 saturated heterocycles. The summed E-state index contributed by atoms with van der Waals surface area (Å²) >= 11 is 1.65. The van der Waals surface area contributed by atoms with Crippen molar-refractivity contribution in [1.82, 2.24) is 29.3 Å². The van der Waals surface area contributed by atoms with Gasteiger partial charge in [0.15, 0.2) is 11.5 Å². The van der Waals surface area contributed by atoms with Crippen molar-refractivity contribution in [2.75, 3.05) is 77.4 Å². The Bertz CT molecular complexity index is 2190. The van der Waals surface area contributed by atoms with Crippen molar-refractivity contribution < 1.29 is 23.7 Å². The Morgan fingerprint density at radius 2 is 1.48 bits per heavy atom. The first kappa shape index (κ1) is 37.0. The van der Waals surface area contributed by atoms with Crippen LogP contribution in [0, 0.1) is 0 Å². The molecular formula is C39H44N8O6S. The third-order valence-electron chi connectivity index (χ3n) is 9.69. The van der Waals surface area contributed by atoms with E-state index in [1.165, 1.54) is 6.07 Å². The predicted octanol–water partition coefficient (Wildman–Crippen LogP) is 5.18. The van der Waals surface area contributed by atoms with Crippen molar-refractivity contribution in [3.8, 4) is 35.0 Å². The number of benzene rings is 3. The van der Waals surface area contributed by atoms with Gasteiger partial charge in [0, 0.05) is 71.0 Å². The van der Waals surface area contributed by atoms with Crippen molar-refractivity contribution in [3.05, 3.63) is 88.7 Å². The van der Waals surface area contributed by atoms with E-state index in [1.807, 2.05) is 59.5 Å². The van der Waals surface area contributed by atoms with Gasteiger partial charge in [-0.05, 0) is 60.6 Å². The van der Waals surface area contributed by atoms with E-state index < -0.39 is 0 Å². The molecule has 5 aromatic rings. The van der Waals surface area contributed by atoms with Crippen LogP contribution in [0.2, 0.25) is 0 Å². The quantitative estimate of drug-likeness (QED) is 0.166. The van der Waals surface area contributed by atoms with Gasteiger partial charge in [-0.2, -0.15) is 9.97 Å². The minimum Gasteiger partial charge on any atom is -0.493 e. The lowest BCUT2D eigenvalue weighted by Crippen LogP contribution is -2.49. The average molecular weight is 753 g/mol. The first-order valence-corrected chi connectivity index (χ1v) is 18.7. The maximum absolute atomic E-state index is 14.3. The summed E-state index contributed by atoms with van der Waals surface area (Å²) in [7, 11) is 8.52. The van der Waals surface area contributed by atoms with Crippen LogP contribution in [-0.2, 0) is 11.8 Å². The molecule has 2 aliphatic heterocycles. The first-order valence-electron chi connectivity index (χ1n) is 17.8. The molecule has 54 heavy (non-hydrogen) atoms. The Morgan fingerprint density at radius 1 is 0.796 bits per heavy atom. The fourth-order valence-electron chi connectivity index (χ4n) is 6.65. The Kier molecular flexibility index (Phi) is 10.9. The van der Waals surface area contributed by atoms with Crippen molar-refractivity contribution >= 4 is 40.2 Å². The highest BCUT2D eigenvalue weighted by molar-refractivity contribution is 8.01. The Morgan fingerprint density at radius 3 is 2.17 bits per heavy atom. The number of likely N-dealkylation sites (N-methyl/N-ethyl adjacent to an activating group) is 1. The number of aromatic nitrogens is 4. The van der Waals surface area contributed by atoms with Gasteiger partial charge in [-0.1, -0.05) is 25.1 Å².